The molecule has 2 N–H and O–H groups in total. The first-order chi connectivity index (χ1) is 15.5. The Kier molecular flexibility index (Phi) is 7.22. The minimum Gasteiger partial charge on any atom is -0.491 e. The van der Waals surface area contributed by atoms with Gasteiger partial charge in [-0.2, -0.15) is 0 Å². The second-order valence-corrected chi connectivity index (χ2v) is 9.66. The lowest BCUT2D eigenvalue weighted by atomic mass is 10.1. The number of aliphatic hydroxyl groups excluding tert-OH is 1. The zero-order valence-corrected chi connectivity index (χ0v) is 18.7. The van der Waals surface area contributed by atoms with Gasteiger partial charge in [0.2, 0.25) is 10.0 Å². The van der Waals surface area contributed by atoms with Crippen molar-refractivity contribution >= 4 is 10.0 Å². The molecule has 0 radical (unpaired) electrons. The molecule has 168 valence electrons. The van der Waals surface area contributed by atoms with E-state index in [2.05, 4.69) is 9.62 Å². The third kappa shape index (κ3) is 5.75. The van der Waals surface area contributed by atoms with Gasteiger partial charge < -0.3 is 9.84 Å². The van der Waals surface area contributed by atoms with Crippen LogP contribution in [-0.2, 0) is 16.6 Å². The van der Waals surface area contributed by atoms with Crippen molar-refractivity contribution in [1.82, 2.24) is 9.62 Å². The predicted molar refractivity (Wildman–Crippen MR) is 125 cm³/mol. The fourth-order valence-corrected chi connectivity index (χ4v) is 5.19. The zero-order valence-electron chi connectivity index (χ0n) is 17.9. The average Bonchev–Trinajstić information content (AvgIpc) is 3.25. The van der Waals surface area contributed by atoms with Crippen molar-refractivity contribution < 1.29 is 18.3 Å². The molecule has 0 unspecified atom stereocenters. The van der Waals surface area contributed by atoms with Gasteiger partial charge in [-0.3, -0.25) is 4.90 Å². The van der Waals surface area contributed by atoms with E-state index in [9.17, 15) is 8.42 Å². The maximum atomic E-state index is 12.9. The average molecular weight is 453 g/mol. The maximum absolute atomic E-state index is 12.9. The summed E-state index contributed by atoms with van der Waals surface area (Å²) < 4.78 is 34.0. The number of ether oxygens (including phenoxy) is 1. The third-order valence-electron chi connectivity index (χ3n) is 5.56. The van der Waals surface area contributed by atoms with E-state index in [1.54, 1.807) is 12.1 Å². The van der Waals surface area contributed by atoms with Crippen molar-refractivity contribution in [1.29, 1.82) is 0 Å². The van der Waals surface area contributed by atoms with Gasteiger partial charge in [-0.1, -0.05) is 54.6 Å². The molecule has 1 aliphatic rings. The molecule has 1 fully saturated rings. The quantitative estimate of drug-likeness (QED) is 0.521. The van der Waals surface area contributed by atoms with Crippen LogP contribution in [0.3, 0.4) is 0 Å². The summed E-state index contributed by atoms with van der Waals surface area (Å²) in [7, 11) is -3.57. The molecule has 0 bridgehead atoms. The second-order valence-electron chi connectivity index (χ2n) is 7.95. The lowest BCUT2D eigenvalue weighted by Gasteiger charge is -2.17. The summed E-state index contributed by atoms with van der Waals surface area (Å²) >= 11 is 0. The predicted octanol–water partition coefficient (Wildman–Crippen LogP) is 3.28. The molecule has 0 amide bonds. The Morgan fingerprint density at radius 1 is 0.938 bits per heavy atom. The highest BCUT2D eigenvalue weighted by Crippen LogP contribution is 2.22. The normalized spacial score (nSPS) is 16.8. The highest BCUT2D eigenvalue weighted by molar-refractivity contribution is 7.89. The summed E-state index contributed by atoms with van der Waals surface area (Å²) in [5.74, 6) is 0.730. The number of hydrogen-bond donors (Lipinski definition) is 2. The van der Waals surface area contributed by atoms with Crippen molar-refractivity contribution in [3.05, 3.63) is 84.4 Å². The molecule has 1 atom stereocenters. The van der Waals surface area contributed by atoms with Gasteiger partial charge in [-0.05, 0) is 47.4 Å². The number of benzene rings is 3. The summed E-state index contributed by atoms with van der Waals surface area (Å²) in [6, 6.07) is 24.6. The summed E-state index contributed by atoms with van der Waals surface area (Å²) in [5.41, 5.74) is 3.19. The summed E-state index contributed by atoms with van der Waals surface area (Å²) in [6.07, 6.45) is 0.777. The molecule has 7 heteroatoms. The molecule has 6 nitrogen and oxygen atoms in total. The molecular formula is C25H28N2O4S. The number of hydrogen-bond acceptors (Lipinski definition) is 5. The van der Waals surface area contributed by atoms with E-state index in [0.717, 1.165) is 42.0 Å². The number of rotatable bonds is 9. The standard InChI is InChI=1S/C25H28N2O4S/c28-16-17-31-24-10-6-20(7-11-24)18-27-15-14-23(19-27)26-32(29,30)25-12-8-22(9-13-25)21-4-2-1-3-5-21/h1-13,23,26,28H,14-19H2/t23-/m0/s1. The largest absolute Gasteiger partial charge is 0.491 e. The van der Waals surface area contributed by atoms with Gasteiger partial charge in [0.1, 0.15) is 12.4 Å². The molecule has 1 aliphatic heterocycles. The Hall–Kier alpha value is -2.71. The van der Waals surface area contributed by atoms with E-state index < -0.39 is 10.0 Å². The highest BCUT2D eigenvalue weighted by Gasteiger charge is 2.27. The van der Waals surface area contributed by atoms with Gasteiger partial charge in [0.15, 0.2) is 0 Å². The summed E-state index contributed by atoms with van der Waals surface area (Å²) in [5, 5.41) is 8.83. The Bertz CT molecular complexity index is 1100. The van der Waals surface area contributed by atoms with E-state index in [4.69, 9.17) is 9.84 Å². The molecule has 0 aliphatic carbocycles. The number of nitrogens with zero attached hydrogens (tertiary/aromatic N) is 1. The van der Waals surface area contributed by atoms with Crippen LogP contribution in [0.25, 0.3) is 11.1 Å². The monoisotopic (exact) mass is 452 g/mol. The van der Waals surface area contributed by atoms with Crippen LogP contribution < -0.4 is 9.46 Å². The molecule has 0 aromatic heterocycles. The molecule has 3 aromatic rings. The SMILES string of the molecule is O=S(=O)(N[C@H]1CCN(Cc2ccc(OCCO)cc2)C1)c1ccc(-c2ccccc2)cc1. The van der Waals surface area contributed by atoms with E-state index in [1.807, 2.05) is 66.7 Å². The van der Waals surface area contributed by atoms with Crippen molar-refractivity contribution in [2.45, 2.75) is 23.9 Å². The smallest absolute Gasteiger partial charge is 0.240 e. The Balaban J connectivity index is 1.32. The number of nitrogens with one attached hydrogen (secondary N) is 1. The first kappa shape index (κ1) is 22.5. The molecule has 1 saturated heterocycles. The van der Waals surface area contributed by atoms with Crippen LogP contribution in [-0.4, -0.2) is 50.8 Å². The van der Waals surface area contributed by atoms with Gasteiger partial charge in [0.25, 0.3) is 0 Å². The number of likely N-dealkylation sites (tertiary alicyclic amines) is 1. The molecule has 32 heavy (non-hydrogen) atoms. The maximum Gasteiger partial charge on any atom is 0.240 e. The Labute approximate surface area is 189 Å². The van der Waals surface area contributed by atoms with Crippen molar-refractivity contribution in [2.75, 3.05) is 26.3 Å². The van der Waals surface area contributed by atoms with E-state index in [1.165, 1.54) is 0 Å². The van der Waals surface area contributed by atoms with E-state index in [-0.39, 0.29) is 24.2 Å². The third-order valence-corrected chi connectivity index (χ3v) is 7.09. The first-order valence-corrected chi connectivity index (χ1v) is 12.2. The van der Waals surface area contributed by atoms with E-state index >= 15 is 0 Å². The van der Waals surface area contributed by atoms with Gasteiger partial charge in [-0.25, -0.2) is 13.1 Å². The Morgan fingerprint density at radius 2 is 1.62 bits per heavy atom. The fourth-order valence-electron chi connectivity index (χ4n) is 3.93. The number of sulfonamides is 1. The minimum atomic E-state index is -3.57. The Morgan fingerprint density at radius 3 is 2.31 bits per heavy atom. The number of aliphatic hydroxyl groups is 1. The molecule has 4 rings (SSSR count). The fraction of sp³-hybridized carbons (Fsp3) is 0.280. The minimum absolute atomic E-state index is 0.00992. The van der Waals surface area contributed by atoms with Crippen LogP contribution >= 0.6 is 0 Å². The van der Waals surface area contributed by atoms with Crippen LogP contribution in [0.15, 0.2) is 83.8 Å². The van der Waals surface area contributed by atoms with Crippen LogP contribution in [0.1, 0.15) is 12.0 Å². The van der Waals surface area contributed by atoms with Crippen molar-refractivity contribution in [3.8, 4) is 16.9 Å². The second kappa shape index (κ2) is 10.3. The first-order valence-electron chi connectivity index (χ1n) is 10.8. The van der Waals surface area contributed by atoms with Crippen LogP contribution in [0.4, 0.5) is 0 Å². The zero-order chi connectivity index (χ0) is 22.4. The molecule has 0 spiro atoms. The van der Waals surface area contributed by atoms with Gasteiger partial charge in [-0.15, -0.1) is 0 Å². The summed E-state index contributed by atoms with van der Waals surface area (Å²) in [4.78, 5) is 2.53. The molecular weight excluding hydrogens is 424 g/mol. The van der Waals surface area contributed by atoms with E-state index in [0.29, 0.717) is 6.54 Å². The summed E-state index contributed by atoms with van der Waals surface area (Å²) in [6.45, 7) is 2.53. The molecule has 1 heterocycles. The lowest BCUT2D eigenvalue weighted by molar-refractivity contribution is 0.201. The van der Waals surface area contributed by atoms with Gasteiger partial charge in [0, 0.05) is 25.7 Å². The van der Waals surface area contributed by atoms with Gasteiger partial charge >= 0.3 is 0 Å². The van der Waals surface area contributed by atoms with Crippen molar-refractivity contribution in [2.24, 2.45) is 0 Å². The van der Waals surface area contributed by atoms with Crippen LogP contribution in [0.2, 0.25) is 0 Å². The van der Waals surface area contributed by atoms with Crippen LogP contribution in [0, 0.1) is 0 Å². The van der Waals surface area contributed by atoms with Crippen molar-refractivity contribution in [3.63, 3.8) is 0 Å². The lowest BCUT2D eigenvalue weighted by Crippen LogP contribution is -2.36. The topological polar surface area (TPSA) is 78.9 Å². The van der Waals surface area contributed by atoms with Crippen LogP contribution in [0.5, 0.6) is 5.75 Å². The highest BCUT2D eigenvalue weighted by atomic mass is 32.2. The molecule has 3 aromatic carbocycles. The van der Waals surface area contributed by atoms with Gasteiger partial charge in [0.05, 0.1) is 11.5 Å². The molecule has 0 saturated carbocycles.